The van der Waals surface area contributed by atoms with Gasteiger partial charge in [-0.3, -0.25) is 0 Å². The lowest BCUT2D eigenvalue weighted by Gasteiger charge is -2.25. The zero-order valence-corrected chi connectivity index (χ0v) is 7.52. The van der Waals surface area contributed by atoms with Crippen LogP contribution in [0.2, 0.25) is 0 Å². The maximum absolute atomic E-state index is 5.82. The van der Waals surface area contributed by atoms with Crippen LogP contribution in [0.1, 0.15) is 34.1 Å². The first-order chi connectivity index (χ1) is 4.33. The van der Waals surface area contributed by atoms with Crippen molar-refractivity contribution in [2.75, 3.05) is 0 Å². The Morgan fingerprint density at radius 2 is 1.70 bits per heavy atom. The zero-order chi connectivity index (χ0) is 8.36. The Labute approximate surface area is 64.0 Å². The van der Waals surface area contributed by atoms with E-state index < -0.39 is 0 Å². The van der Waals surface area contributed by atoms with E-state index in [1.165, 1.54) is 0 Å². The van der Waals surface area contributed by atoms with Gasteiger partial charge in [-0.05, 0) is 26.2 Å². The molecule has 0 aromatic carbocycles. The Bertz CT molecular complexity index is 91.9. The van der Waals surface area contributed by atoms with Crippen molar-refractivity contribution in [3.63, 3.8) is 0 Å². The molecule has 0 spiro atoms. The number of nitrogens with two attached hydrogens (primary N) is 2. The first-order valence-corrected chi connectivity index (χ1v) is 3.87. The summed E-state index contributed by atoms with van der Waals surface area (Å²) in [6.07, 6.45) is 0.894. The minimum atomic E-state index is -0.121. The highest BCUT2D eigenvalue weighted by molar-refractivity contribution is 4.79. The molecule has 10 heavy (non-hydrogen) atoms. The molecule has 1 unspecified atom stereocenters. The van der Waals surface area contributed by atoms with E-state index in [4.69, 9.17) is 11.5 Å². The molecule has 2 heteroatoms. The summed E-state index contributed by atoms with van der Waals surface area (Å²) in [5, 5.41) is 0. The quantitative estimate of drug-likeness (QED) is 0.623. The third-order valence-electron chi connectivity index (χ3n) is 1.62. The summed E-state index contributed by atoms with van der Waals surface area (Å²) in [7, 11) is 0. The van der Waals surface area contributed by atoms with Crippen LogP contribution < -0.4 is 11.5 Å². The van der Waals surface area contributed by atoms with E-state index in [-0.39, 0.29) is 11.6 Å². The normalized spacial score (nSPS) is 15.9. The van der Waals surface area contributed by atoms with Crippen molar-refractivity contribution in [3.05, 3.63) is 0 Å². The van der Waals surface area contributed by atoms with E-state index in [2.05, 4.69) is 13.8 Å². The molecule has 0 aromatic rings. The van der Waals surface area contributed by atoms with Crippen LogP contribution >= 0.6 is 0 Å². The van der Waals surface area contributed by atoms with E-state index in [1.54, 1.807) is 0 Å². The van der Waals surface area contributed by atoms with Crippen LogP contribution in [-0.4, -0.2) is 11.6 Å². The monoisotopic (exact) mass is 144 g/mol. The van der Waals surface area contributed by atoms with Crippen LogP contribution in [-0.2, 0) is 0 Å². The highest BCUT2D eigenvalue weighted by atomic mass is 14.7. The van der Waals surface area contributed by atoms with Crippen LogP contribution in [0.3, 0.4) is 0 Å². The van der Waals surface area contributed by atoms with Gasteiger partial charge in [-0.25, -0.2) is 0 Å². The number of rotatable bonds is 3. The van der Waals surface area contributed by atoms with Crippen molar-refractivity contribution < 1.29 is 0 Å². The molecule has 0 aliphatic carbocycles. The molecule has 0 rings (SSSR count). The van der Waals surface area contributed by atoms with Crippen molar-refractivity contribution in [1.29, 1.82) is 0 Å². The summed E-state index contributed by atoms with van der Waals surface area (Å²) in [4.78, 5) is 0. The zero-order valence-electron chi connectivity index (χ0n) is 7.52. The van der Waals surface area contributed by atoms with Gasteiger partial charge < -0.3 is 11.5 Å². The molecule has 0 aliphatic rings. The SMILES string of the molecule is CC(C)C(N)CC(C)(C)N. The molecule has 1 atom stereocenters. The van der Waals surface area contributed by atoms with Crippen LogP contribution in [0.4, 0.5) is 0 Å². The Morgan fingerprint density at radius 3 is 1.80 bits per heavy atom. The second kappa shape index (κ2) is 3.35. The molecule has 2 nitrogen and oxygen atoms in total. The maximum atomic E-state index is 5.82. The van der Waals surface area contributed by atoms with Crippen LogP contribution in [0.25, 0.3) is 0 Å². The van der Waals surface area contributed by atoms with Gasteiger partial charge in [-0.2, -0.15) is 0 Å². The fourth-order valence-electron chi connectivity index (χ4n) is 0.843. The number of hydrogen-bond acceptors (Lipinski definition) is 2. The molecule has 0 aliphatic heterocycles. The summed E-state index contributed by atoms with van der Waals surface area (Å²) >= 11 is 0. The Hall–Kier alpha value is -0.0800. The molecular weight excluding hydrogens is 124 g/mol. The maximum Gasteiger partial charge on any atom is 0.0112 e. The van der Waals surface area contributed by atoms with Crippen molar-refractivity contribution in [2.24, 2.45) is 17.4 Å². The van der Waals surface area contributed by atoms with Crippen molar-refractivity contribution in [2.45, 2.75) is 45.7 Å². The smallest absolute Gasteiger partial charge is 0.0112 e. The van der Waals surface area contributed by atoms with Gasteiger partial charge in [-0.15, -0.1) is 0 Å². The Balaban J connectivity index is 3.68. The van der Waals surface area contributed by atoms with E-state index in [9.17, 15) is 0 Å². The lowest BCUT2D eigenvalue weighted by molar-refractivity contribution is 0.364. The molecule has 0 saturated carbocycles. The second-order valence-electron chi connectivity index (χ2n) is 4.10. The van der Waals surface area contributed by atoms with E-state index in [0.29, 0.717) is 5.92 Å². The summed E-state index contributed by atoms with van der Waals surface area (Å²) in [6.45, 7) is 8.26. The highest BCUT2D eigenvalue weighted by Gasteiger charge is 2.17. The Kier molecular flexibility index (Phi) is 3.33. The van der Waals surface area contributed by atoms with Crippen molar-refractivity contribution >= 4 is 0 Å². The van der Waals surface area contributed by atoms with Gasteiger partial charge in [-0.1, -0.05) is 13.8 Å². The minimum absolute atomic E-state index is 0.121. The van der Waals surface area contributed by atoms with Crippen LogP contribution in [0.15, 0.2) is 0 Å². The van der Waals surface area contributed by atoms with Gasteiger partial charge in [0.05, 0.1) is 0 Å². The van der Waals surface area contributed by atoms with Gasteiger partial charge in [0, 0.05) is 11.6 Å². The van der Waals surface area contributed by atoms with E-state index in [0.717, 1.165) is 6.42 Å². The second-order valence-corrected chi connectivity index (χ2v) is 4.10. The molecular formula is C8H20N2. The van der Waals surface area contributed by atoms with Gasteiger partial charge in [0.25, 0.3) is 0 Å². The molecule has 0 fully saturated rings. The van der Waals surface area contributed by atoms with Crippen molar-refractivity contribution in [3.8, 4) is 0 Å². The van der Waals surface area contributed by atoms with Gasteiger partial charge in [0.1, 0.15) is 0 Å². The largest absolute Gasteiger partial charge is 0.327 e. The standard InChI is InChI=1S/C8H20N2/c1-6(2)7(9)5-8(3,4)10/h6-7H,5,9-10H2,1-4H3. The summed E-state index contributed by atoms with van der Waals surface area (Å²) in [5.41, 5.74) is 11.5. The molecule has 0 amide bonds. The number of hydrogen-bond donors (Lipinski definition) is 2. The fourth-order valence-corrected chi connectivity index (χ4v) is 0.843. The predicted octanol–water partition coefficient (Wildman–Crippen LogP) is 1.10. The molecule has 0 saturated heterocycles. The third kappa shape index (κ3) is 4.77. The molecule has 0 bridgehead atoms. The lowest BCUT2D eigenvalue weighted by atomic mass is 9.91. The van der Waals surface area contributed by atoms with Gasteiger partial charge in [0.2, 0.25) is 0 Å². The lowest BCUT2D eigenvalue weighted by Crippen LogP contribution is -2.41. The molecule has 62 valence electrons. The van der Waals surface area contributed by atoms with Crippen LogP contribution in [0.5, 0.6) is 0 Å². The van der Waals surface area contributed by atoms with E-state index in [1.807, 2.05) is 13.8 Å². The first-order valence-electron chi connectivity index (χ1n) is 3.87. The molecule has 0 radical (unpaired) electrons. The first kappa shape index (κ1) is 9.92. The van der Waals surface area contributed by atoms with Gasteiger partial charge in [0.15, 0.2) is 0 Å². The van der Waals surface area contributed by atoms with Crippen molar-refractivity contribution in [1.82, 2.24) is 0 Å². The molecule has 4 N–H and O–H groups in total. The average molecular weight is 144 g/mol. The predicted molar refractivity (Wildman–Crippen MR) is 45.7 cm³/mol. The highest BCUT2D eigenvalue weighted by Crippen LogP contribution is 2.11. The summed E-state index contributed by atoms with van der Waals surface area (Å²) < 4.78 is 0. The average Bonchev–Trinajstić information content (AvgIpc) is 1.60. The summed E-state index contributed by atoms with van der Waals surface area (Å²) in [5.74, 6) is 0.530. The van der Waals surface area contributed by atoms with Gasteiger partial charge >= 0.3 is 0 Å². The fraction of sp³-hybridized carbons (Fsp3) is 1.00. The van der Waals surface area contributed by atoms with Crippen LogP contribution in [0, 0.1) is 5.92 Å². The molecule has 0 heterocycles. The Morgan fingerprint density at radius 1 is 1.30 bits per heavy atom. The third-order valence-corrected chi connectivity index (χ3v) is 1.62. The van der Waals surface area contributed by atoms with E-state index >= 15 is 0 Å². The topological polar surface area (TPSA) is 52.0 Å². The minimum Gasteiger partial charge on any atom is -0.327 e. The molecule has 0 aromatic heterocycles. The summed E-state index contributed by atoms with van der Waals surface area (Å²) in [6, 6.07) is 0.236.